The summed E-state index contributed by atoms with van der Waals surface area (Å²) in [6, 6.07) is 0. The van der Waals surface area contributed by atoms with E-state index in [0.29, 0.717) is 0 Å². The van der Waals surface area contributed by atoms with Gasteiger partial charge < -0.3 is 34.3 Å². The van der Waals surface area contributed by atoms with Crippen molar-refractivity contribution >= 4 is 20.8 Å². The van der Waals surface area contributed by atoms with Gasteiger partial charge in [-0.1, -0.05) is 0 Å². The van der Waals surface area contributed by atoms with E-state index in [-0.39, 0.29) is 6.61 Å². The molecule has 2 fully saturated rings. The average molecular weight is 470 g/mol. The molecule has 0 saturated carbocycles. The van der Waals surface area contributed by atoms with Gasteiger partial charge in [0.15, 0.2) is 18.7 Å². The Bertz CT molecular complexity index is 753. The summed E-state index contributed by atoms with van der Waals surface area (Å²) >= 11 is 0. The molecule has 2 heterocycles. The van der Waals surface area contributed by atoms with Crippen LogP contribution in [0.5, 0.6) is 0 Å². The van der Waals surface area contributed by atoms with Crippen LogP contribution in [0.25, 0.3) is 0 Å². The maximum atomic E-state index is 11.1. The number of aliphatic hydroxyl groups excluding tert-OH is 3. The third-order valence-electron chi connectivity index (χ3n) is 4.24. The van der Waals surface area contributed by atoms with Crippen LogP contribution in [0.4, 0.5) is 0 Å². The van der Waals surface area contributed by atoms with Crippen molar-refractivity contribution < 1.29 is 68.6 Å². The molecule has 0 aromatic carbocycles. The molecule has 9 atom stereocenters. The highest BCUT2D eigenvalue weighted by Gasteiger charge is 2.51. The van der Waals surface area contributed by atoms with Gasteiger partial charge in [0.1, 0.15) is 30.5 Å². The Kier molecular flexibility index (Phi) is 7.93. The van der Waals surface area contributed by atoms with Crippen LogP contribution in [0.15, 0.2) is 0 Å². The monoisotopic (exact) mass is 470 g/mol. The van der Waals surface area contributed by atoms with Gasteiger partial charge in [0, 0.05) is 7.11 Å². The molecule has 15 nitrogen and oxygen atoms in total. The van der Waals surface area contributed by atoms with Gasteiger partial charge in [0.05, 0.1) is 12.7 Å². The van der Waals surface area contributed by atoms with Crippen molar-refractivity contribution in [2.75, 3.05) is 13.7 Å². The molecule has 2 aliphatic heterocycles. The molecule has 0 spiro atoms. The van der Waals surface area contributed by atoms with E-state index in [2.05, 4.69) is 8.37 Å². The van der Waals surface area contributed by atoms with Crippen LogP contribution in [0.2, 0.25) is 0 Å². The topological polar surface area (TPSA) is 225 Å². The molecule has 2 aliphatic rings. The molecule has 5 N–H and O–H groups in total. The van der Waals surface area contributed by atoms with Crippen LogP contribution in [0.3, 0.4) is 0 Å². The molecule has 172 valence electrons. The predicted octanol–water partition coefficient (Wildman–Crippen LogP) is -3.42. The zero-order valence-electron chi connectivity index (χ0n) is 15.0. The fourth-order valence-corrected chi connectivity index (χ4v) is 3.91. The second kappa shape index (κ2) is 9.30. The second-order valence-corrected chi connectivity index (χ2v) is 8.36. The molecule has 0 bridgehead atoms. The SMILES string of the molecule is COC1COC(OC2C(C)OC(O)C(O)C2OS(=O)(=O)O)C(OS(=O)(=O)O)C1O. The Morgan fingerprint density at radius 3 is 1.97 bits per heavy atom. The molecule has 17 heteroatoms. The first-order chi connectivity index (χ1) is 13.2. The Morgan fingerprint density at radius 1 is 0.897 bits per heavy atom. The third kappa shape index (κ3) is 6.47. The molecule has 9 unspecified atom stereocenters. The highest BCUT2D eigenvalue weighted by atomic mass is 32.3. The van der Waals surface area contributed by atoms with E-state index >= 15 is 0 Å². The Morgan fingerprint density at radius 2 is 1.45 bits per heavy atom. The molecule has 2 rings (SSSR count). The molecule has 2 saturated heterocycles. The summed E-state index contributed by atoms with van der Waals surface area (Å²) in [7, 11) is -9.04. The standard InChI is InChI=1S/C12H22O15S2/c1-4-8(9(26-28(16,17)18)7(14)11(15)24-4)25-12-10(27-29(19,20)21)6(13)5(22-2)3-23-12/h4-15H,3H2,1-2H3,(H,16,17,18)(H,19,20,21). The smallest absolute Gasteiger partial charge is 0.387 e. The van der Waals surface area contributed by atoms with Gasteiger partial charge in [-0.15, -0.1) is 0 Å². The maximum absolute atomic E-state index is 11.1. The minimum atomic E-state index is -5.13. The summed E-state index contributed by atoms with van der Waals surface area (Å²) in [5.41, 5.74) is 0. The van der Waals surface area contributed by atoms with Gasteiger partial charge in [-0.25, -0.2) is 8.37 Å². The third-order valence-corrected chi connectivity index (χ3v) is 5.17. The number of hydrogen-bond acceptors (Lipinski definition) is 13. The van der Waals surface area contributed by atoms with Crippen LogP contribution in [0.1, 0.15) is 6.92 Å². The van der Waals surface area contributed by atoms with Gasteiger partial charge in [0.25, 0.3) is 0 Å². The summed E-state index contributed by atoms with van der Waals surface area (Å²) < 4.78 is 91.6. The molecular formula is C12H22O15S2. The number of hydrogen-bond donors (Lipinski definition) is 5. The van der Waals surface area contributed by atoms with Gasteiger partial charge in [0.2, 0.25) is 0 Å². The van der Waals surface area contributed by atoms with Crippen molar-refractivity contribution in [1.29, 1.82) is 0 Å². The van der Waals surface area contributed by atoms with E-state index in [4.69, 9.17) is 28.1 Å². The fourth-order valence-electron chi connectivity index (χ4n) is 2.92. The zero-order valence-corrected chi connectivity index (χ0v) is 16.7. The minimum absolute atomic E-state index is 0.329. The lowest BCUT2D eigenvalue weighted by Crippen LogP contribution is -2.63. The molecule has 0 aliphatic carbocycles. The lowest BCUT2D eigenvalue weighted by Gasteiger charge is -2.44. The van der Waals surface area contributed by atoms with E-state index in [1.165, 1.54) is 14.0 Å². The van der Waals surface area contributed by atoms with Crippen molar-refractivity contribution in [2.45, 2.75) is 62.2 Å². The fraction of sp³-hybridized carbons (Fsp3) is 1.00. The zero-order chi connectivity index (χ0) is 22.1. The second-order valence-electron chi connectivity index (χ2n) is 6.27. The van der Waals surface area contributed by atoms with Crippen molar-refractivity contribution in [3.63, 3.8) is 0 Å². The Labute approximate surface area is 165 Å². The van der Waals surface area contributed by atoms with E-state index in [1.807, 2.05) is 0 Å². The van der Waals surface area contributed by atoms with Gasteiger partial charge in [-0.05, 0) is 6.92 Å². The quantitative estimate of drug-likeness (QED) is 0.228. The van der Waals surface area contributed by atoms with Crippen LogP contribution in [0, 0.1) is 0 Å². The number of ether oxygens (including phenoxy) is 4. The normalized spacial score (nSPS) is 42.0. The van der Waals surface area contributed by atoms with Crippen molar-refractivity contribution in [1.82, 2.24) is 0 Å². The number of aliphatic hydroxyl groups is 3. The van der Waals surface area contributed by atoms with E-state index in [0.717, 1.165) is 0 Å². The van der Waals surface area contributed by atoms with Gasteiger partial charge in [-0.2, -0.15) is 16.8 Å². The van der Waals surface area contributed by atoms with Crippen LogP contribution in [-0.2, 0) is 48.1 Å². The van der Waals surface area contributed by atoms with Crippen molar-refractivity contribution in [3.05, 3.63) is 0 Å². The molecule has 0 aromatic heterocycles. The van der Waals surface area contributed by atoms with E-state index in [9.17, 15) is 32.2 Å². The molecule has 0 amide bonds. The highest BCUT2D eigenvalue weighted by Crippen LogP contribution is 2.30. The average Bonchev–Trinajstić information content (AvgIpc) is 2.56. The Hall–Kier alpha value is -0.540. The lowest BCUT2D eigenvalue weighted by atomic mass is 9.99. The summed E-state index contributed by atoms with van der Waals surface area (Å²) in [4.78, 5) is 0. The van der Waals surface area contributed by atoms with Crippen LogP contribution >= 0.6 is 0 Å². The number of rotatable bonds is 7. The molecule has 29 heavy (non-hydrogen) atoms. The molecule has 0 aromatic rings. The summed E-state index contributed by atoms with van der Waals surface area (Å²) in [5, 5.41) is 29.8. The van der Waals surface area contributed by atoms with Gasteiger partial charge >= 0.3 is 20.8 Å². The molecular weight excluding hydrogens is 448 g/mol. The van der Waals surface area contributed by atoms with Crippen molar-refractivity contribution in [2.24, 2.45) is 0 Å². The Balaban J connectivity index is 2.30. The van der Waals surface area contributed by atoms with Crippen molar-refractivity contribution in [3.8, 4) is 0 Å². The maximum Gasteiger partial charge on any atom is 0.397 e. The summed E-state index contributed by atoms with van der Waals surface area (Å²) in [6.45, 7) is 0.945. The van der Waals surface area contributed by atoms with Gasteiger partial charge in [-0.3, -0.25) is 9.11 Å². The first-order valence-electron chi connectivity index (χ1n) is 8.04. The first-order valence-corrected chi connectivity index (χ1v) is 10.8. The summed E-state index contributed by atoms with van der Waals surface area (Å²) in [5.74, 6) is 0. The summed E-state index contributed by atoms with van der Waals surface area (Å²) in [6.07, 6.45) is -15.0. The van der Waals surface area contributed by atoms with E-state index < -0.39 is 76.1 Å². The highest BCUT2D eigenvalue weighted by molar-refractivity contribution is 7.81. The minimum Gasteiger partial charge on any atom is -0.387 e. The van der Waals surface area contributed by atoms with E-state index in [1.54, 1.807) is 0 Å². The lowest BCUT2D eigenvalue weighted by molar-refractivity contribution is -0.333. The predicted molar refractivity (Wildman–Crippen MR) is 86.8 cm³/mol. The number of methoxy groups -OCH3 is 1. The first kappa shape index (κ1) is 24.7. The molecule has 0 radical (unpaired) electrons. The van der Waals surface area contributed by atoms with Crippen LogP contribution < -0.4 is 0 Å². The largest absolute Gasteiger partial charge is 0.397 e. The van der Waals surface area contributed by atoms with Crippen LogP contribution in [-0.4, -0.2) is 110 Å².